The van der Waals surface area contributed by atoms with E-state index in [0.29, 0.717) is 0 Å². The molecule has 106 valence electrons. The Labute approximate surface area is 114 Å². The van der Waals surface area contributed by atoms with E-state index in [9.17, 15) is 8.78 Å². The summed E-state index contributed by atoms with van der Waals surface area (Å²) in [5, 5.41) is 3.95. The third-order valence-corrected chi connectivity index (χ3v) is 3.34. The van der Waals surface area contributed by atoms with Crippen molar-refractivity contribution in [2.75, 3.05) is 6.54 Å². The van der Waals surface area contributed by atoms with Crippen LogP contribution in [0.4, 0.5) is 8.78 Å². The molecule has 0 saturated heterocycles. The third kappa shape index (κ3) is 2.96. The lowest BCUT2D eigenvalue weighted by atomic mass is 10.1. The lowest BCUT2D eigenvalue weighted by Crippen LogP contribution is -2.29. The van der Waals surface area contributed by atoms with Gasteiger partial charge in [-0.25, -0.2) is 0 Å². The van der Waals surface area contributed by atoms with Crippen LogP contribution in [-0.2, 0) is 19.5 Å². The fourth-order valence-electron chi connectivity index (χ4n) is 2.37. The lowest BCUT2D eigenvalue weighted by molar-refractivity contribution is -0.0498. The Bertz CT molecular complexity index is 569. The maximum absolute atomic E-state index is 12.1. The average molecular weight is 280 g/mol. The molecule has 0 unspecified atom stereocenters. The maximum Gasteiger partial charge on any atom is 0.387 e. The van der Waals surface area contributed by atoms with Crippen molar-refractivity contribution in [3.63, 3.8) is 0 Å². The van der Waals surface area contributed by atoms with Crippen LogP contribution in [0.2, 0.25) is 0 Å². The predicted molar refractivity (Wildman–Crippen MR) is 67.4 cm³/mol. The second-order valence-electron chi connectivity index (χ2n) is 4.77. The topological polar surface area (TPSA) is 38.5 Å². The molecule has 1 aromatic carbocycles. The minimum absolute atomic E-state index is 0.184. The van der Waals surface area contributed by atoms with Crippen LogP contribution >= 0.6 is 0 Å². The summed E-state index contributed by atoms with van der Waals surface area (Å²) in [6, 6.07) is 6.74. The van der Waals surface area contributed by atoms with Gasteiger partial charge in [-0.3, -0.25) is 4.90 Å². The van der Waals surface area contributed by atoms with Gasteiger partial charge in [-0.1, -0.05) is 17.3 Å². The van der Waals surface area contributed by atoms with Gasteiger partial charge in [0.15, 0.2) is 0 Å². The first-order valence-electron chi connectivity index (χ1n) is 6.39. The van der Waals surface area contributed by atoms with Crippen LogP contribution in [0.15, 0.2) is 35.1 Å². The van der Waals surface area contributed by atoms with E-state index in [-0.39, 0.29) is 5.75 Å². The quantitative estimate of drug-likeness (QED) is 0.863. The van der Waals surface area contributed by atoms with E-state index in [1.807, 2.05) is 0 Å². The Hall–Kier alpha value is -1.95. The molecular weight excluding hydrogens is 266 g/mol. The Balaban J connectivity index is 1.61. The van der Waals surface area contributed by atoms with Gasteiger partial charge in [-0.05, 0) is 17.7 Å². The number of halogens is 2. The summed E-state index contributed by atoms with van der Waals surface area (Å²) >= 11 is 0. The summed E-state index contributed by atoms with van der Waals surface area (Å²) in [5.74, 6) is 0.184. The minimum Gasteiger partial charge on any atom is -0.435 e. The molecule has 6 heteroatoms. The number of nitrogens with zero attached hydrogens (tertiary/aromatic N) is 2. The van der Waals surface area contributed by atoms with Gasteiger partial charge in [0.25, 0.3) is 0 Å². The van der Waals surface area contributed by atoms with Gasteiger partial charge in [0.05, 0.1) is 5.69 Å². The van der Waals surface area contributed by atoms with Crippen LogP contribution in [0, 0.1) is 0 Å². The van der Waals surface area contributed by atoms with E-state index in [4.69, 9.17) is 4.52 Å². The summed E-state index contributed by atoms with van der Waals surface area (Å²) in [7, 11) is 0. The van der Waals surface area contributed by atoms with E-state index >= 15 is 0 Å². The highest BCUT2D eigenvalue weighted by Crippen LogP contribution is 2.20. The van der Waals surface area contributed by atoms with Crippen LogP contribution in [0.1, 0.15) is 16.8 Å². The van der Waals surface area contributed by atoms with Crippen molar-refractivity contribution >= 4 is 0 Å². The largest absolute Gasteiger partial charge is 0.435 e. The van der Waals surface area contributed by atoms with Gasteiger partial charge < -0.3 is 9.26 Å². The van der Waals surface area contributed by atoms with Crippen molar-refractivity contribution in [1.82, 2.24) is 10.1 Å². The molecule has 0 amide bonds. The molecular formula is C14H14F2N2O2. The molecule has 1 aliphatic heterocycles. The van der Waals surface area contributed by atoms with Crippen LogP contribution in [0.5, 0.6) is 5.75 Å². The summed E-state index contributed by atoms with van der Waals surface area (Å²) in [6.45, 7) is -0.308. The van der Waals surface area contributed by atoms with Gasteiger partial charge in [-0.2, -0.15) is 8.78 Å². The van der Waals surface area contributed by atoms with Gasteiger partial charge >= 0.3 is 6.61 Å². The molecule has 1 aromatic heterocycles. The molecule has 0 fully saturated rings. The zero-order valence-corrected chi connectivity index (χ0v) is 10.8. The molecule has 0 N–H and O–H groups in total. The van der Waals surface area contributed by atoms with E-state index in [2.05, 4.69) is 14.8 Å². The molecule has 2 heterocycles. The smallest absolute Gasteiger partial charge is 0.387 e. The predicted octanol–water partition coefficient (Wildman–Crippen LogP) is 2.83. The van der Waals surface area contributed by atoms with E-state index < -0.39 is 6.61 Å². The number of ether oxygens (including phenoxy) is 1. The normalized spacial score (nSPS) is 15.3. The molecule has 20 heavy (non-hydrogen) atoms. The maximum atomic E-state index is 12.1. The average Bonchev–Trinajstić information content (AvgIpc) is 2.88. The summed E-state index contributed by atoms with van der Waals surface area (Å²) in [6.07, 6.45) is 2.56. The Morgan fingerprint density at radius 1 is 1.30 bits per heavy atom. The monoisotopic (exact) mass is 280 g/mol. The molecule has 3 rings (SSSR count). The van der Waals surface area contributed by atoms with Crippen LogP contribution in [0.3, 0.4) is 0 Å². The highest BCUT2D eigenvalue weighted by Gasteiger charge is 2.19. The lowest BCUT2D eigenvalue weighted by Gasteiger charge is -2.25. The van der Waals surface area contributed by atoms with E-state index in [1.54, 1.807) is 30.5 Å². The summed E-state index contributed by atoms with van der Waals surface area (Å²) in [5.41, 5.74) is 3.21. The first-order chi connectivity index (χ1) is 9.70. The van der Waals surface area contributed by atoms with E-state index in [1.165, 1.54) is 0 Å². The Morgan fingerprint density at radius 2 is 2.10 bits per heavy atom. The standard InChI is InChI=1S/C14H14F2N2O2/c15-14(16)20-12-3-1-10(2-4-12)7-18-6-5-13-11(8-18)9-19-17-13/h1-4,9,14H,5-8H2. The third-order valence-electron chi connectivity index (χ3n) is 3.34. The molecule has 0 spiro atoms. The van der Waals surface area contributed by atoms with E-state index in [0.717, 1.165) is 42.9 Å². The van der Waals surface area contributed by atoms with Gasteiger partial charge in [0.2, 0.25) is 0 Å². The number of alkyl halides is 2. The van der Waals surface area contributed by atoms with Crippen molar-refractivity contribution in [3.8, 4) is 5.75 Å². The van der Waals surface area contributed by atoms with Gasteiger partial charge in [-0.15, -0.1) is 0 Å². The summed E-state index contributed by atoms with van der Waals surface area (Å²) in [4.78, 5) is 2.27. The second kappa shape index (κ2) is 5.58. The molecule has 4 nitrogen and oxygen atoms in total. The number of hydrogen-bond acceptors (Lipinski definition) is 4. The molecule has 0 aliphatic carbocycles. The SMILES string of the molecule is FC(F)Oc1ccc(CN2CCc3nocc3C2)cc1. The first kappa shape index (κ1) is 13.1. The number of fused-ring (bicyclic) bond motifs is 1. The van der Waals surface area contributed by atoms with Gasteiger partial charge in [0.1, 0.15) is 12.0 Å². The van der Waals surface area contributed by atoms with Crippen LogP contribution < -0.4 is 4.74 Å². The highest BCUT2D eigenvalue weighted by molar-refractivity contribution is 5.27. The molecule has 0 bridgehead atoms. The van der Waals surface area contributed by atoms with Crippen molar-refractivity contribution in [2.24, 2.45) is 0 Å². The molecule has 0 radical (unpaired) electrons. The fraction of sp³-hybridized carbons (Fsp3) is 0.357. The minimum atomic E-state index is -2.78. The summed E-state index contributed by atoms with van der Waals surface area (Å²) < 4.78 is 33.4. The van der Waals surface area contributed by atoms with Crippen molar-refractivity contribution < 1.29 is 18.0 Å². The Kier molecular flexibility index (Phi) is 3.64. The number of aromatic nitrogens is 1. The number of rotatable bonds is 4. The first-order valence-corrected chi connectivity index (χ1v) is 6.39. The van der Waals surface area contributed by atoms with Crippen molar-refractivity contribution in [1.29, 1.82) is 0 Å². The fourth-order valence-corrected chi connectivity index (χ4v) is 2.37. The van der Waals surface area contributed by atoms with Crippen LogP contribution in [-0.4, -0.2) is 23.2 Å². The second-order valence-corrected chi connectivity index (χ2v) is 4.77. The van der Waals surface area contributed by atoms with Crippen molar-refractivity contribution in [3.05, 3.63) is 47.3 Å². The van der Waals surface area contributed by atoms with Crippen molar-refractivity contribution in [2.45, 2.75) is 26.1 Å². The highest BCUT2D eigenvalue weighted by atomic mass is 19.3. The van der Waals surface area contributed by atoms with Crippen LogP contribution in [0.25, 0.3) is 0 Å². The van der Waals surface area contributed by atoms with Gasteiger partial charge in [0, 0.05) is 31.6 Å². The molecule has 1 aliphatic rings. The zero-order chi connectivity index (χ0) is 13.9. The molecule has 0 atom stereocenters. The number of hydrogen-bond donors (Lipinski definition) is 0. The zero-order valence-electron chi connectivity index (χ0n) is 10.8. The molecule has 2 aromatic rings. The Morgan fingerprint density at radius 3 is 2.85 bits per heavy atom. The number of benzene rings is 1. The molecule has 0 saturated carbocycles.